The average molecular weight is 325 g/mol. The molecule has 0 N–H and O–H groups in total. The van der Waals surface area contributed by atoms with Crippen molar-refractivity contribution in [3.8, 4) is 10.7 Å². The fourth-order valence-electron chi connectivity index (χ4n) is 3.15. The summed E-state index contributed by atoms with van der Waals surface area (Å²) in [5.74, 6) is 1.84. The Hall–Kier alpha value is -1.98. The highest BCUT2D eigenvalue weighted by Gasteiger charge is 2.28. The van der Waals surface area contributed by atoms with E-state index in [0.717, 1.165) is 36.8 Å². The van der Waals surface area contributed by atoms with Gasteiger partial charge in [0.25, 0.3) is 0 Å². The molecule has 1 fully saturated rings. The van der Waals surface area contributed by atoms with E-state index >= 15 is 0 Å². The van der Waals surface area contributed by atoms with E-state index in [1.807, 2.05) is 17.5 Å². The minimum atomic E-state index is 0.348. The third-order valence-electron chi connectivity index (χ3n) is 4.29. The van der Waals surface area contributed by atoms with Crippen molar-refractivity contribution in [1.29, 1.82) is 0 Å². The van der Waals surface area contributed by atoms with Crippen LogP contribution in [0.5, 0.6) is 0 Å². The van der Waals surface area contributed by atoms with Gasteiger partial charge in [-0.1, -0.05) is 41.1 Å². The molecule has 1 atom stereocenters. The molecule has 0 aliphatic carbocycles. The highest BCUT2D eigenvalue weighted by atomic mass is 32.1. The van der Waals surface area contributed by atoms with Crippen LogP contribution in [0.3, 0.4) is 0 Å². The lowest BCUT2D eigenvalue weighted by molar-refractivity contribution is 0.309. The predicted octanol–water partition coefficient (Wildman–Crippen LogP) is 4.10. The number of benzene rings is 1. The fraction of sp³-hybridized carbons (Fsp3) is 0.333. The van der Waals surface area contributed by atoms with Crippen LogP contribution < -0.4 is 0 Å². The largest absolute Gasteiger partial charge is 0.339 e. The zero-order chi connectivity index (χ0) is 15.6. The van der Waals surface area contributed by atoms with Crippen LogP contribution in [-0.2, 0) is 6.54 Å². The van der Waals surface area contributed by atoms with E-state index < -0.39 is 0 Å². The Balaban J connectivity index is 1.42. The molecular formula is C18H19N3OS. The second kappa shape index (κ2) is 6.26. The molecule has 0 spiro atoms. The zero-order valence-electron chi connectivity index (χ0n) is 13.1. The van der Waals surface area contributed by atoms with Crippen molar-refractivity contribution < 1.29 is 4.52 Å². The van der Waals surface area contributed by atoms with E-state index in [9.17, 15) is 0 Å². The van der Waals surface area contributed by atoms with Crippen molar-refractivity contribution in [2.75, 3.05) is 13.1 Å². The minimum Gasteiger partial charge on any atom is -0.339 e. The monoisotopic (exact) mass is 325 g/mol. The van der Waals surface area contributed by atoms with Gasteiger partial charge in [0.15, 0.2) is 0 Å². The first-order chi connectivity index (χ1) is 11.3. The second-order valence-electron chi connectivity index (χ2n) is 6.14. The van der Waals surface area contributed by atoms with Gasteiger partial charge in [-0.3, -0.25) is 4.90 Å². The summed E-state index contributed by atoms with van der Waals surface area (Å²) < 4.78 is 5.51. The van der Waals surface area contributed by atoms with Crippen LogP contribution in [0.15, 0.2) is 46.3 Å². The molecule has 4 rings (SSSR count). The zero-order valence-corrected chi connectivity index (χ0v) is 13.9. The Morgan fingerprint density at radius 3 is 3.09 bits per heavy atom. The average Bonchev–Trinajstić information content (AvgIpc) is 3.28. The van der Waals surface area contributed by atoms with Gasteiger partial charge in [0.05, 0.1) is 10.8 Å². The van der Waals surface area contributed by atoms with Crippen LogP contribution in [0, 0.1) is 6.92 Å². The van der Waals surface area contributed by atoms with Crippen LogP contribution in [0.1, 0.15) is 29.4 Å². The molecule has 3 aromatic rings. The molecule has 2 aromatic heterocycles. The number of nitrogens with zero attached hydrogens (tertiary/aromatic N) is 3. The first kappa shape index (κ1) is 14.6. The fourth-order valence-corrected chi connectivity index (χ4v) is 3.80. The summed E-state index contributed by atoms with van der Waals surface area (Å²) in [6.07, 6.45) is 1.08. The summed E-state index contributed by atoms with van der Waals surface area (Å²) >= 11 is 1.64. The molecule has 0 radical (unpaired) electrons. The molecule has 1 aliphatic rings. The number of aryl methyl sites for hydroxylation is 1. The molecule has 1 saturated heterocycles. The smallest absolute Gasteiger partial charge is 0.231 e. The lowest BCUT2D eigenvalue weighted by Gasteiger charge is -2.15. The third-order valence-corrected chi connectivity index (χ3v) is 5.16. The Labute approximate surface area is 139 Å². The molecule has 23 heavy (non-hydrogen) atoms. The van der Waals surface area contributed by atoms with Gasteiger partial charge in [-0.15, -0.1) is 11.3 Å². The summed E-state index contributed by atoms with van der Waals surface area (Å²) in [4.78, 5) is 8.13. The molecule has 0 saturated carbocycles. The van der Waals surface area contributed by atoms with Crippen molar-refractivity contribution in [2.45, 2.75) is 25.8 Å². The minimum absolute atomic E-state index is 0.348. The Bertz CT molecular complexity index is 781. The molecule has 1 aliphatic heterocycles. The Morgan fingerprint density at radius 2 is 2.26 bits per heavy atom. The van der Waals surface area contributed by atoms with Crippen molar-refractivity contribution in [2.24, 2.45) is 0 Å². The van der Waals surface area contributed by atoms with Crippen molar-refractivity contribution in [1.82, 2.24) is 15.0 Å². The number of aromatic nitrogens is 2. The van der Waals surface area contributed by atoms with Gasteiger partial charge in [-0.2, -0.15) is 4.98 Å². The quantitative estimate of drug-likeness (QED) is 0.724. The number of likely N-dealkylation sites (tertiary alicyclic amines) is 1. The number of hydrogen-bond donors (Lipinski definition) is 0. The van der Waals surface area contributed by atoms with Crippen LogP contribution in [0.2, 0.25) is 0 Å². The van der Waals surface area contributed by atoms with Crippen LogP contribution in [-0.4, -0.2) is 28.1 Å². The summed E-state index contributed by atoms with van der Waals surface area (Å²) in [5, 5.41) is 6.16. The van der Waals surface area contributed by atoms with Crippen LogP contribution >= 0.6 is 11.3 Å². The first-order valence-electron chi connectivity index (χ1n) is 7.93. The lowest BCUT2D eigenvalue weighted by Crippen LogP contribution is -2.19. The molecule has 3 heterocycles. The van der Waals surface area contributed by atoms with E-state index in [1.165, 1.54) is 11.1 Å². The van der Waals surface area contributed by atoms with Gasteiger partial charge in [-0.05, 0) is 36.9 Å². The van der Waals surface area contributed by atoms with Gasteiger partial charge in [0.1, 0.15) is 0 Å². The summed E-state index contributed by atoms with van der Waals surface area (Å²) in [7, 11) is 0. The molecule has 1 aromatic carbocycles. The first-order valence-corrected chi connectivity index (χ1v) is 8.81. The summed E-state index contributed by atoms with van der Waals surface area (Å²) in [6.45, 7) is 5.19. The lowest BCUT2D eigenvalue weighted by atomic mass is 10.1. The molecule has 4 nitrogen and oxygen atoms in total. The van der Waals surface area contributed by atoms with E-state index in [2.05, 4.69) is 46.2 Å². The van der Waals surface area contributed by atoms with Crippen LogP contribution in [0.4, 0.5) is 0 Å². The Morgan fingerprint density at radius 1 is 1.30 bits per heavy atom. The molecule has 0 bridgehead atoms. The van der Waals surface area contributed by atoms with Gasteiger partial charge < -0.3 is 4.52 Å². The topological polar surface area (TPSA) is 42.2 Å². The molecule has 0 amide bonds. The van der Waals surface area contributed by atoms with Crippen molar-refractivity contribution in [3.05, 3.63) is 58.8 Å². The maximum absolute atomic E-state index is 5.51. The van der Waals surface area contributed by atoms with Gasteiger partial charge in [0.2, 0.25) is 11.7 Å². The van der Waals surface area contributed by atoms with E-state index in [0.29, 0.717) is 11.7 Å². The normalized spacial score (nSPS) is 18.6. The van der Waals surface area contributed by atoms with Crippen molar-refractivity contribution in [3.63, 3.8) is 0 Å². The summed E-state index contributed by atoms with van der Waals surface area (Å²) in [5.41, 5.74) is 2.69. The molecule has 1 unspecified atom stereocenters. The third kappa shape index (κ3) is 3.21. The van der Waals surface area contributed by atoms with E-state index in [4.69, 9.17) is 4.52 Å². The second-order valence-corrected chi connectivity index (χ2v) is 7.09. The van der Waals surface area contributed by atoms with Gasteiger partial charge >= 0.3 is 0 Å². The van der Waals surface area contributed by atoms with Gasteiger partial charge in [-0.25, -0.2) is 0 Å². The number of rotatable bonds is 4. The maximum Gasteiger partial charge on any atom is 0.231 e. The predicted molar refractivity (Wildman–Crippen MR) is 91.4 cm³/mol. The maximum atomic E-state index is 5.51. The van der Waals surface area contributed by atoms with E-state index in [-0.39, 0.29) is 0 Å². The molecular weight excluding hydrogens is 306 g/mol. The highest BCUT2D eigenvalue weighted by molar-refractivity contribution is 7.13. The van der Waals surface area contributed by atoms with Crippen molar-refractivity contribution >= 4 is 11.3 Å². The van der Waals surface area contributed by atoms with Crippen LogP contribution in [0.25, 0.3) is 10.7 Å². The number of hydrogen-bond acceptors (Lipinski definition) is 5. The summed E-state index contributed by atoms with van der Waals surface area (Å²) in [6, 6.07) is 12.8. The Kier molecular flexibility index (Phi) is 3.97. The SMILES string of the molecule is Cc1cccc(CN2CCC(c3nc(-c4cccs4)no3)C2)c1. The highest BCUT2D eigenvalue weighted by Crippen LogP contribution is 2.29. The molecule has 118 valence electrons. The standard InChI is InChI=1S/C18H19N3OS/c1-13-4-2-5-14(10-13)11-21-8-7-15(12-21)18-19-17(20-22-18)16-6-3-9-23-16/h2-6,9-10,15H,7-8,11-12H2,1H3. The van der Waals surface area contributed by atoms with E-state index in [1.54, 1.807) is 11.3 Å². The van der Waals surface area contributed by atoms with Gasteiger partial charge in [0, 0.05) is 13.1 Å². The molecule has 5 heteroatoms. The number of thiophene rings is 1.